The van der Waals surface area contributed by atoms with Crippen LogP contribution < -0.4 is 0 Å². The molecule has 6 aromatic carbocycles. The minimum Gasteiger partial charge on any atom is -0.161 e. The zero-order valence-electron chi connectivity index (χ0n) is 27.4. The van der Waals surface area contributed by atoms with Crippen LogP contribution >= 0.6 is 11.8 Å². The van der Waals surface area contributed by atoms with Crippen molar-refractivity contribution in [3.8, 4) is 0 Å². The fourth-order valence-electron chi connectivity index (χ4n) is 7.34. The maximum Gasteiger partial charge on any atom is -0.000102 e. The molecule has 236 valence electrons. The maximum absolute atomic E-state index is 2.32. The number of rotatable bonds is 16. The Labute approximate surface area is 286 Å². The van der Waals surface area contributed by atoms with Gasteiger partial charge in [0.05, 0.1) is 0 Å². The highest BCUT2D eigenvalue weighted by molar-refractivity contribution is 7.99. The van der Waals surface area contributed by atoms with E-state index >= 15 is 0 Å². The zero-order chi connectivity index (χ0) is 32.0. The van der Waals surface area contributed by atoms with Gasteiger partial charge in [-0.25, -0.2) is 0 Å². The summed E-state index contributed by atoms with van der Waals surface area (Å²) in [6.07, 6.45) is 6.30. The fourth-order valence-corrected chi connectivity index (χ4v) is 8.92. The summed E-state index contributed by atoms with van der Waals surface area (Å²) in [7, 11) is 0. The standard InChI is InChI=1S/C46H46S/c1-7-19-39(20-8-1)31-45(32-40-21-9-2-10-22-40,33-41-23-11-3-12-24-41)37-47-38-46(34-42-25-13-4-14-26-42,35-43-27-15-5-16-28-43)36-44-29-17-6-18-30-44/h1-30H,31-38H2. The SMILES string of the molecule is c1ccc(CC(CSCC(Cc2ccccc2)(Cc2ccccc2)Cc2ccccc2)(Cc2ccccc2)Cc2ccccc2)cc1. The van der Waals surface area contributed by atoms with E-state index in [1.807, 2.05) is 0 Å². The van der Waals surface area contributed by atoms with Crippen LogP contribution in [0.15, 0.2) is 182 Å². The molecule has 0 spiro atoms. The number of hydrogen-bond donors (Lipinski definition) is 0. The molecule has 0 bridgehead atoms. The molecule has 0 nitrogen and oxygen atoms in total. The van der Waals surface area contributed by atoms with Crippen molar-refractivity contribution in [3.05, 3.63) is 215 Å². The lowest BCUT2D eigenvalue weighted by Crippen LogP contribution is -2.36. The molecule has 0 saturated carbocycles. The Bertz CT molecular complexity index is 1380. The van der Waals surface area contributed by atoms with Crippen molar-refractivity contribution in [1.29, 1.82) is 0 Å². The van der Waals surface area contributed by atoms with Crippen LogP contribution in [-0.4, -0.2) is 11.5 Å². The molecule has 0 heterocycles. The second kappa shape index (κ2) is 16.5. The molecule has 0 N–H and O–H groups in total. The Morgan fingerprint density at radius 1 is 0.255 bits per heavy atom. The largest absolute Gasteiger partial charge is 0.161 e. The van der Waals surface area contributed by atoms with Crippen LogP contribution in [0.4, 0.5) is 0 Å². The van der Waals surface area contributed by atoms with E-state index in [4.69, 9.17) is 0 Å². The van der Waals surface area contributed by atoms with Gasteiger partial charge in [0.2, 0.25) is 0 Å². The average molecular weight is 631 g/mol. The maximum atomic E-state index is 2.32. The first-order valence-electron chi connectivity index (χ1n) is 17.0. The van der Waals surface area contributed by atoms with Gasteiger partial charge in [-0.3, -0.25) is 0 Å². The summed E-state index contributed by atoms with van der Waals surface area (Å²) in [5, 5.41) is 0. The molecule has 0 aliphatic heterocycles. The first kappa shape index (κ1) is 32.6. The molecule has 0 atom stereocenters. The molecule has 0 aliphatic rings. The van der Waals surface area contributed by atoms with Crippen molar-refractivity contribution in [2.45, 2.75) is 38.5 Å². The zero-order valence-corrected chi connectivity index (χ0v) is 28.2. The number of hydrogen-bond acceptors (Lipinski definition) is 1. The monoisotopic (exact) mass is 630 g/mol. The van der Waals surface area contributed by atoms with Gasteiger partial charge in [0, 0.05) is 0 Å². The Kier molecular flexibility index (Phi) is 11.4. The van der Waals surface area contributed by atoms with Crippen LogP contribution in [0.5, 0.6) is 0 Å². The van der Waals surface area contributed by atoms with Gasteiger partial charge in [0.25, 0.3) is 0 Å². The van der Waals surface area contributed by atoms with Crippen LogP contribution in [0, 0.1) is 10.8 Å². The molecule has 0 fully saturated rings. The lowest BCUT2D eigenvalue weighted by molar-refractivity contribution is 0.314. The second-order valence-corrected chi connectivity index (χ2v) is 14.5. The van der Waals surface area contributed by atoms with Crippen molar-refractivity contribution in [1.82, 2.24) is 0 Å². The fraction of sp³-hybridized carbons (Fsp3) is 0.217. The van der Waals surface area contributed by atoms with Crippen molar-refractivity contribution in [2.75, 3.05) is 11.5 Å². The van der Waals surface area contributed by atoms with Gasteiger partial charge in [-0.05, 0) is 94.2 Å². The van der Waals surface area contributed by atoms with E-state index in [1.54, 1.807) is 0 Å². The van der Waals surface area contributed by atoms with Gasteiger partial charge in [-0.1, -0.05) is 182 Å². The molecule has 0 unspecified atom stereocenters. The van der Waals surface area contributed by atoms with E-state index in [0.717, 1.165) is 50.0 Å². The highest BCUT2D eigenvalue weighted by Crippen LogP contribution is 2.41. The van der Waals surface area contributed by atoms with Gasteiger partial charge in [-0.2, -0.15) is 11.8 Å². The summed E-state index contributed by atoms with van der Waals surface area (Å²) in [5.74, 6) is 2.18. The predicted octanol–water partition coefficient (Wildman–Crippen LogP) is 11.1. The van der Waals surface area contributed by atoms with E-state index < -0.39 is 0 Å². The lowest BCUT2D eigenvalue weighted by Gasteiger charge is -2.38. The van der Waals surface area contributed by atoms with E-state index in [2.05, 4.69) is 194 Å². The first-order valence-corrected chi connectivity index (χ1v) is 18.1. The van der Waals surface area contributed by atoms with Gasteiger partial charge < -0.3 is 0 Å². The van der Waals surface area contributed by atoms with Gasteiger partial charge in [-0.15, -0.1) is 0 Å². The van der Waals surface area contributed by atoms with E-state index in [9.17, 15) is 0 Å². The minimum atomic E-state index is 0.0622. The Morgan fingerprint density at radius 3 is 0.596 bits per heavy atom. The summed E-state index contributed by atoms with van der Waals surface area (Å²) in [4.78, 5) is 0. The van der Waals surface area contributed by atoms with Crippen LogP contribution in [-0.2, 0) is 38.5 Å². The molecule has 6 rings (SSSR count). The average Bonchev–Trinajstić information content (AvgIpc) is 3.11. The molecule has 0 aromatic heterocycles. The highest BCUT2D eigenvalue weighted by atomic mass is 32.2. The first-order chi connectivity index (χ1) is 23.2. The summed E-state index contributed by atoms with van der Waals surface area (Å²) in [6, 6.07) is 67.0. The minimum absolute atomic E-state index is 0.0622. The predicted molar refractivity (Wildman–Crippen MR) is 203 cm³/mol. The smallest absolute Gasteiger partial charge is 0.000102 e. The Balaban J connectivity index is 1.37. The molecular formula is C46H46S. The van der Waals surface area contributed by atoms with Crippen LogP contribution in [0.2, 0.25) is 0 Å². The molecule has 1 heteroatoms. The Morgan fingerprint density at radius 2 is 0.426 bits per heavy atom. The van der Waals surface area contributed by atoms with E-state index in [1.165, 1.54) is 33.4 Å². The molecule has 47 heavy (non-hydrogen) atoms. The van der Waals surface area contributed by atoms with Gasteiger partial charge >= 0.3 is 0 Å². The van der Waals surface area contributed by atoms with Crippen molar-refractivity contribution in [3.63, 3.8) is 0 Å². The Hall–Kier alpha value is -4.33. The van der Waals surface area contributed by atoms with Gasteiger partial charge in [0.1, 0.15) is 0 Å². The third-order valence-electron chi connectivity index (χ3n) is 9.35. The second-order valence-electron chi connectivity index (χ2n) is 13.5. The van der Waals surface area contributed by atoms with E-state index in [0.29, 0.717) is 0 Å². The third kappa shape index (κ3) is 9.83. The summed E-state index contributed by atoms with van der Waals surface area (Å²) in [5.41, 5.74) is 8.65. The highest BCUT2D eigenvalue weighted by Gasteiger charge is 2.35. The molecular weight excluding hydrogens is 585 g/mol. The summed E-state index contributed by atoms with van der Waals surface area (Å²) >= 11 is 2.18. The van der Waals surface area contributed by atoms with Crippen molar-refractivity contribution < 1.29 is 0 Å². The van der Waals surface area contributed by atoms with Crippen LogP contribution in [0.25, 0.3) is 0 Å². The lowest BCUT2D eigenvalue weighted by atomic mass is 9.73. The van der Waals surface area contributed by atoms with Crippen molar-refractivity contribution >= 4 is 11.8 Å². The normalized spacial score (nSPS) is 11.7. The topological polar surface area (TPSA) is 0 Å². The van der Waals surface area contributed by atoms with Crippen LogP contribution in [0.3, 0.4) is 0 Å². The molecule has 0 radical (unpaired) electrons. The summed E-state index contributed by atoms with van der Waals surface area (Å²) < 4.78 is 0. The third-order valence-corrected chi connectivity index (χ3v) is 11.0. The number of thioether (sulfide) groups is 1. The van der Waals surface area contributed by atoms with Crippen LogP contribution in [0.1, 0.15) is 33.4 Å². The summed E-state index contributed by atoms with van der Waals surface area (Å²) in [6.45, 7) is 0. The molecule has 0 aliphatic carbocycles. The molecule has 0 amide bonds. The quantitative estimate of drug-likeness (QED) is 0.103. The molecule has 0 saturated heterocycles. The molecule has 6 aromatic rings. The van der Waals surface area contributed by atoms with E-state index in [-0.39, 0.29) is 10.8 Å². The van der Waals surface area contributed by atoms with Gasteiger partial charge in [0.15, 0.2) is 0 Å². The number of benzene rings is 6. The van der Waals surface area contributed by atoms with Crippen molar-refractivity contribution in [2.24, 2.45) is 10.8 Å².